The molecule has 0 aliphatic heterocycles. The number of esters is 1. The molecule has 0 aliphatic rings. The Morgan fingerprint density at radius 3 is 1.48 bits per heavy atom. The van der Waals surface area contributed by atoms with E-state index in [0.29, 0.717) is 6.54 Å². The third-order valence-electron chi connectivity index (χ3n) is 4.90. The third-order valence-corrected chi connectivity index (χ3v) is 4.90. The summed E-state index contributed by atoms with van der Waals surface area (Å²) in [6.07, 6.45) is 23.9. The molecule has 158 valence electrons. The lowest BCUT2D eigenvalue weighted by Gasteiger charge is -2.04. The fourth-order valence-electron chi connectivity index (χ4n) is 3.16. The van der Waals surface area contributed by atoms with Crippen molar-refractivity contribution in [1.29, 1.82) is 0 Å². The van der Waals surface area contributed by atoms with Crippen molar-refractivity contribution in [3.8, 4) is 0 Å². The number of carbonyl (C=O) groups excluding carboxylic acids is 2. The maximum absolute atomic E-state index is 11.4. The van der Waals surface area contributed by atoms with E-state index in [1.807, 2.05) is 0 Å². The lowest BCUT2D eigenvalue weighted by molar-refractivity contribution is -0.135. The molecule has 0 aromatic heterocycles. The standard InChI is InChI=1S/C23H43NO3/c1-3-4-5-6-7-8-9-10-11-12-13-14-15-16-17-18-21-24-22(25)19-20-23(26)27-2/h19-20H,3-18,21H2,1-2H3,(H,24,25)/b20-19-. The molecule has 0 radical (unpaired) electrons. The van der Waals surface area contributed by atoms with Crippen LogP contribution in [0.3, 0.4) is 0 Å². The van der Waals surface area contributed by atoms with Gasteiger partial charge >= 0.3 is 5.97 Å². The Balaban J connectivity index is 3.18. The van der Waals surface area contributed by atoms with Crippen LogP contribution in [-0.2, 0) is 14.3 Å². The summed E-state index contributed by atoms with van der Waals surface area (Å²) in [7, 11) is 1.29. The molecule has 0 aromatic rings. The predicted octanol–water partition coefficient (Wildman–Crippen LogP) is 6.09. The van der Waals surface area contributed by atoms with Gasteiger partial charge in [-0.15, -0.1) is 0 Å². The minimum Gasteiger partial charge on any atom is -0.466 e. The molecule has 1 amide bonds. The highest BCUT2D eigenvalue weighted by Gasteiger charge is 1.98. The second-order valence-corrected chi connectivity index (χ2v) is 7.45. The van der Waals surface area contributed by atoms with Crippen LogP contribution in [0.4, 0.5) is 0 Å². The van der Waals surface area contributed by atoms with Crippen molar-refractivity contribution < 1.29 is 14.3 Å². The molecule has 0 fully saturated rings. The minimum absolute atomic E-state index is 0.235. The maximum atomic E-state index is 11.4. The molecular weight excluding hydrogens is 338 g/mol. The van der Waals surface area contributed by atoms with E-state index >= 15 is 0 Å². The number of methoxy groups -OCH3 is 1. The highest BCUT2D eigenvalue weighted by Crippen LogP contribution is 2.13. The first-order valence-electron chi connectivity index (χ1n) is 11.2. The first-order chi connectivity index (χ1) is 13.2. The smallest absolute Gasteiger partial charge is 0.330 e. The maximum Gasteiger partial charge on any atom is 0.330 e. The summed E-state index contributed by atoms with van der Waals surface area (Å²) >= 11 is 0. The first-order valence-corrected chi connectivity index (χ1v) is 11.2. The van der Waals surface area contributed by atoms with Crippen molar-refractivity contribution >= 4 is 11.9 Å². The van der Waals surface area contributed by atoms with Crippen LogP contribution >= 0.6 is 0 Å². The molecule has 0 rings (SSSR count). The van der Waals surface area contributed by atoms with Crippen LogP contribution in [0.25, 0.3) is 0 Å². The molecule has 0 spiro atoms. The number of ether oxygens (including phenoxy) is 1. The van der Waals surface area contributed by atoms with Crippen molar-refractivity contribution in [3.05, 3.63) is 12.2 Å². The highest BCUT2D eigenvalue weighted by atomic mass is 16.5. The van der Waals surface area contributed by atoms with Crippen molar-refractivity contribution in [2.75, 3.05) is 13.7 Å². The van der Waals surface area contributed by atoms with Crippen LogP contribution in [0.1, 0.15) is 110 Å². The van der Waals surface area contributed by atoms with Crippen LogP contribution in [0, 0.1) is 0 Å². The van der Waals surface area contributed by atoms with Gasteiger partial charge < -0.3 is 10.1 Å². The van der Waals surface area contributed by atoms with E-state index in [1.54, 1.807) is 0 Å². The number of hydrogen-bond donors (Lipinski definition) is 1. The van der Waals surface area contributed by atoms with Crippen molar-refractivity contribution in [3.63, 3.8) is 0 Å². The largest absolute Gasteiger partial charge is 0.466 e. The van der Waals surface area contributed by atoms with Gasteiger partial charge in [0.05, 0.1) is 7.11 Å². The Labute approximate surface area is 167 Å². The molecule has 0 unspecified atom stereocenters. The third kappa shape index (κ3) is 20.8. The zero-order valence-electron chi connectivity index (χ0n) is 17.9. The van der Waals surface area contributed by atoms with Gasteiger partial charge in [0.15, 0.2) is 0 Å². The summed E-state index contributed by atoms with van der Waals surface area (Å²) in [6, 6.07) is 0. The van der Waals surface area contributed by atoms with E-state index in [9.17, 15) is 9.59 Å². The molecule has 0 heterocycles. The zero-order chi connectivity index (χ0) is 20.0. The number of unbranched alkanes of at least 4 members (excludes halogenated alkanes) is 15. The van der Waals surface area contributed by atoms with Crippen molar-refractivity contribution in [1.82, 2.24) is 5.32 Å². The zero-order valence-corrected chi connectivity index (χ0v) is 17.9. The van der Waals surface area contributed by atoms with Gasteiger partial charge in [0.1, 0.15) is 0 Å². The quantitative estimate of drug-likeness (QED) is 0.167. The second kappa shape index (κ2) is 21.0. The molecule has 0 saturated carbocycles. The van der Waals surface area contributed by atoms with Crippen molar-refractivity contribution in [2.24, 2.45) is 0 Å². The number of amides is 1. The van der Waals surface area contributed by atoms with Gasteiger partial charge in [-0.3, -0.25) is 4.79 Å². The van der Waals surface area contributed by atoms with E-state index in [2.05, 4.69) is 17.0 Å². The molecule has 0 saturated heterocycles. The van der Waals surface area contributed by atoms with Gasteiger partial charge in [0, 0.05) is 18.7 Å². The summed E-state index contributed by atoms with van der Waals surface area (Å²) in [5.74, 6) is -0.742. The van der Waals surface area contributed by atoms with Crippen LogP contribution in [0.15, 0.2) is 12.2 Å². The Kier molecular flexibility index (Phi) is 20.0. The molecule has 27 heavy (non-hydrogen) atoms. The van der Waals surface area contributed by atoms with Gasteiger partial charge in [-0.05, 0) is 6.42 Å². The van der Waals surface area contributed by atoms with Crippen LogP contribution in [-0.4, -0.2) is 25.5 Å². The summed E-state index contributed by atoms with van der Waals surface area (Å²) < 4.78 is 4.43. The number of hydrogen-bond acceptors (Lipinski definition) is 3. The molecule has 4 heteroatoms. The molecule has 0 atom stereocenters. The molecule has 1 N–H and O–H groups in total. The summed E-state index contributed by atoms with van der Waals surface area (Å²) in [6.45, 7) is 2.94. The Morgan fingerprint density at radius 1 is 0.667 bits per heavy atom. The van der Waals surface area contributed by atoms with E-state index in [1.165, 1.54) is 103 Å². The topological polar surface area (TPSA) is 55.4 Å². The highest BCUT2D eigenvalue weighted by molar-refractivity contribution is 5.94. The average Bonchev–Trinajstić information content (AvgIpc) is 2.68. The summed E-state index contributed by atoms with van der Waals surface area (Å²) in [5, 5.41) is 2.78. The SMILES string of the molecule is CCCCCCCCCCCCCCCCCCNC(=O)/C=C\C(=O)OC. The molecule has 0 aromatic carbocycles. The molecule has 4 nitrogen and oxygen atoms in total. The van der Waals surface area contributed by atoms with Crippen LogP contribution < -0.4 is 5.32 Å². The fourth-order valence-corrected chi connectivity index (χ4v) is 3.16. The predicted molar refractivity (Wildman–Crippen MR) is 114 cm³/mol. The van der Waals surface area contributed by atoms with Gasteiger partial charge in [-0.1, -0.05) is 103 Å². The summed E-state index contributed by atoms with van der Waals surface area (Å²) in [5.41, 5.74) is 0. The Hall–Kier alpha value is -1.32. The van der Waals surface area contributed by atoms with Crippen molar-refractivity contribution in [2.45, 2.75) is 110 Å². The van der Waals surface area contributed by atoms with E-state index in [0.717, 1.165) is 18.9 Å². The number of rotatable bonds is 19. The van der Waals surface area contributed by atoms with Crippen LogP contribution in [0.5, 0.6) is 0 Å². The number of nitrogens with one attached hydrogen (secondary N) is 1. The van der Waals surface area contributed by atoms with E-state index < -0.39 is 5.97 Å². The van der Waals surface area contributed by atoms with Gasteiger partial charge in [-0.25, -0.2) is 4.79 Å². The molecule has 0 bridgehead atoms. The van der Waals surface area contributed by atoms with Gasteiger partial charge in [0.2, 0.25) is 5.91 Å². The Bertz CT molecular complexity index is 380. The van der Waals surface area contributed by atoms with E-state index in [4.69, 9.17) is 0 Å². The molecular formula is C23H43NO3. The average molecular weight is 382 g/mol. The lowest BCUT2D eigenvalue weighted by atomic mass is 10.0. The first kappa shape index (κ1) is 25.7. The van der Waals surface area contributed by atoms with Gasteiger partial charge in [-0.2, -0.15) is 0 Å². The van der Waals surface area contributed by atoms with Crippen LogP contribution in [0.2, 0.25) is 0 Å². The van der Waals surface area contributed by atoms with E-state index in [-0.39, 0.29) is 5.91 Å². The summed E-state index contributed by atoms with van der Waals surface area (Å²) in [4.78, 5) is 22.3. The molecule has 0 aliphatic carbocycles. The second-order valence-electron chi connectivity index (χ2n) is 7.45. The lowest BCUT2D eigenvalue weighted by Crippen LogP contribution is -2.22. The monoisotopic (exact) mass is 381 g/mol. The Morgan fingerprint density at radius 2 is 1.07 bits per heavy atom. The number of carbonyl (C=O) groups is 2. The minimum atomic E-state index is -0.507. The normalized spacial score (nSPS) is 11.0. The van der Waals surface area contributed by atoms with Gasteiger partial charge in [0.25, 0.3) is 0 Å². The fraction of sp³-hybridized carbons (Fsp3) is 0.826.